The summed E-state index contributed by atoms with van der Waals surface area (Å²) in [5, 5.41) is 14.0. The molecular weight excluding hydrogens is 591 g/mol. The molecule has 1 aromatic heterocycles. The molecule has 9 nitrogen and oxygen atoms in total. The summed E-state index contributed by atoms with van der Waals surface area (Å²) in [5.74, 6) is -5.46. The van der Waals surface area contributed by atoms with Crippen LogP contribution >= 0.6 is 0 Å². The van der Waals surface area contributed by atoms with Gasteiger partial charge >= 0.3 is 12.1 Å². The van der Waals surface area contributed by atoms with E-state index in [4.69, 9.17) is 4.74 Å². The highest BCUT2D eigenvalue weighted by Crippen LogP contribution is 2.37. The van der Waals surface area contributed by atoms with Gasteiger partial charge in [0.2, 0.25) is 0 Å². The molecule has 44 heavy (non-hydrogen) atoms. The van der Waals surface area contributed by atoms with Crippen molar-refractivity contribution in [3.8, 4) is 17.0 Å². The molecule has 0 saturated heterocycles. The summed E-state index contributed by atoms with van der Waals surface area (Å²) in [5.41, 5.74) is 0.976. The molecule has 3 N–H and O–H groups in total. The van der Waals surface area contributed by atoms with E-state index in [0.717, 1.165) is 0 Å². The fraction of sp³-hybridized carbons (Fsp3) is 0.400. The van der Waals surface area contributed by atoms with Crippen LogP contribution in [0.3, 0.4) is 0 Å². The largest absolute Gasteiger partial charge is 0.493 e. The minimum absolute atomic E-state index is 0.160. The van der Waals surface area contributed by atoms with Crippen LogP contribution in [0, 0.1) is 25.5 Å². The van der Waals surface area contributed by atoms with Gasteiger partial charge < -0.3 is 25.0 Å². The van der Waals surface area contributed by atoms with Crippen molar-refractivity contribution in [2.45, 2.75) is 64.7 Å². The SMILES string of the molecule is CCC(Nc1cc(F)c(C(=O)NC(Cc2ccc(-c3nc(C)c(C)n(C)c3=O)c3c2CCCO3)C(=O)O)c(F)c1)C(F)(F)F. The lowest BCUT2D eigenvalue weighted by Crippen LogP contribution is -2.43. The van der Waals surface area contributed by atoms with Crippen LogP contribution in [-0.4, -0.2) is 51.4 Å². The van der Waals surface area contributed by atoms with Crippen molar-refractivity contribution >= 4 is 17.6 Å². The summed E-state index contributed by atoms with van der Waals surface area (Å²) in [7, 11) is 1.62. The van der Waals surface area contributed by atoms with Crippen LogP contribution in [0.5, 0.6) is 5.75 Å². The topological polar surface area (TPSA) is 123 Å². The molecule has 0 radical (unpaired) electrons. The van der Waals surface area contributed by atoms with E-state index in [9.17, 15) is 41.4 Å². The van der Waals surface area contributed by atoms with E-state index < -0.39 is 59.4 Å². The van der Waals surface area contributed by atoms with Crippen molar-refractivity contribution in [2.75, 3.05) is 11.9 Å². The predicted molar refractivity (Wildman–Crippen MR) is 151 cm³/mol. The number of aliphatic carboxylic acids is 1. The number of alkyl halides is 3. The Labute approximate surface area is 249 Å². The summed E-state index contributed by atoms with van der Waals surface area (Å²) in [6.45, 7) is 5.12. The Morgan fingerprint density at radius 1 is 1.16 bits per heavy atom. The predicted octanol–water partition coefficient (Wildman–Crippen LogP) is 4.85. The molecule has 3 aromatic rings. The zero-order valence-electron chi connectivity index (χ0n) is 24.4. The maximum atomic E-state index is 14.8. The molecule has 1 aliphatic heterocycles. The average molecular weight is 623 g/mol. The highest BCUT2D eigenvalue weighted by atomic mass is 19.4. The quantitative estimate of drug-likeness (QED) is 0.292. The van der Waals surface area contributed by atoms with Gasteiger partial charge in [-0.05, 0) is 62.4 Å². The van der Waals surface area contributed by atoms with Gasteiger partial charge in [-0.3, -0.25) is 9.59 Å². The van der Waals surface area contributed by atoms with Gasteiger partial charge in [0, 0.05) is 30.4 Å². The number of carbonyl (C=O) groups is 2. The minimum Gasteiger partial charge on any atom is -0.493 e. The summed E-state index contributed by atoms with van der Waals surface area (Å²) < 4.78 is 76.3. The Kier molecular flexibility index (Phi) is 9.30. The Morgan fingerprint density at radius 2 is 1.82 bits per heavy atom. The number of carbonyl (C=O) groups excluding carboxylic acids is 1. The molecule has 2 unspecified atom stereocenters. The number of carboxylic acid groups (broad SMARTS) is 1. The van der Waals surface area contributed by atoms with E-state index >= 15 is 0 Å². The Hall–Kier alpha value is -4.49. The van der Waals surface area contributed by atoms with E-state index in [1.165, 1.54) is 11.5 Å². The molecule has 4 rings (SSSR count). The van der Waals surface area contributed by atoms with Gasteiger partial charge in [-0.1, -0.05) is 13.0 Å². The molecule has 0 bridgehead atoms. The van der Waals surface area contributed by atoms with E-state index in [0.29, 0.717) is 65.4 Å². The van der Waals surface area contributed by atoms with Crippen molar-refractivity contribution < 1.29 is 41.4 Å². The van der Waals surface area contributed by atoms with Crippen LogP contribution in [0.2, 0.25) is 0 Å². The molecule has 0 spiro atoms. The number of aromatic nitrogens is 2. The maximum absolute atomic E-state index is 14.8. The number of benzene rings is 2. The van der Waals surface area contributed by atoms with Crippen molar-refractivity contribution in [1.29, 1.82) is 0 Å². The molecule has 2 heterocycles. The molecule has 0 saturated carbocycles. The fourth-order valence-electron chi connectivity index (χ4n) is 5.07. The number of hydrogen-bond donors (Lipinski definition) is 3. The van der Waals surface area contributed by atoms with E-state index in [1.807, 2.05) is 5.32 Å². The smallest absolute Gasteiger partial charge is 0.408 e. The Morgan fingerprint density at radius 3 is 2.41 bits per heavy atom. The highest BCUT2D eigenvalue weighted by Gasteiger charge is 2.38. The number of nitrogens with one attached hydrogen (secondary N) is 2. The molecular formula is C30H31F5N4O5. The number of hydrogen-bond acceptors (Lipinski definition) is 6. The number of aryl methyl sites for hydroxylation is 1. The van der Waals surface area contributed by atoms with Crippen molar-refractivity contribution in [3.05, 3.63) is 74.3 Å². The van der Waals surface area contributed by atoms with Crippen LogP contribution in [-0.2, 0) is 24.7 Å². The van der Waals surface area contributed by atoms with E-state index in [2.05, 4.69) is 10.3 Å². The maximum Gasteiger partial charge on any atom is 0.408 e. The standard InChI is InChI=1S/C30H31F5N4O5/c1-5-23(30(33,34)35)37-17-12-20(31)24(21(32)13-17)27(40)38-22(29(42)43)11-16-8-9-19(26-18(16)7-6-10-44-26)25-28(41)39(4)15(3)14(2)36-25/h8-9,12-13,22-23,37H,5-7,10-11H2,1-4H3,(H,38,40)(H,42,43). The van der Waals surface area contributed by atoms with E-state index in [-0.39, 0.29) is 17.7 Å². The second kappa shape index (κ2) is 12.6. The van der Waals surface area contributed by atoms with Crippen LogP contribution < -0.4 is 20.9 Å². The fourth-order valence-corrected chi connectivity index (χ4v) is 5.07. The zero-order chi connectivity index (χ0) is 32.5. The van der Waals surface area contributed by atoms with Crippen molar-refractivity contribution in [3.63, 3.8) is 0 Å². The molecule has 0 fully saturated rings. The van der Waals surface area contributed by atoms with Gasteiger partial charge in [-0.15, -0.1) is 0 Å². The number of halogens is 5. The average Bonchev–Trinajstić information content (AvgIpc) is 2.95. The first-order chi connectivity index (χ1) is 20.6. The lowest BCUT2D eigenvalue weighted by atomic mass is 9.91. The third kappa shape index (κ3) is 6.53. The van der Waals surface area contributed by atoms with E-state index in [1.54, 1.807) is 33.0 Å². The third-order valence-electron chi connectivity index (χ3n) is 7.68. The third-order valence-corrected chi connectivity index (χ3v) is 7.68. The lowest BCUT2D eigenvalue weighted by molar-refractivity contribution is -0.143. The first-order valence-corrected chi connectivity index (χ1v) is 13.8. The van der Waals surface area contributed by atoms with Gasteiger partial charge in [0.25, 0.3) is 11.5 Å². The molecule has 2 atom stereocenters. The first kappa shape index (κ1) is 32.4. The number of anilines is 1. The lowest BCUT2D eigenvalue weighted by Gasteiger charge is -2.25. The van der Waals surface area contributed by atoms with Gasteiger partial charge in [0.15, 0.2) is 0 Å². The van der Waals surface area contributed by atoms with Crippen molar-refractivity contribution in [1.82, 2.24) is 14.9 Å². The Bertz CT molecular complexity index is 1650. The number of rotatable bonds is 9. The van der Waals surface area contributed by atoms with Gasteiger partial charge in [-0.2, -0.15) is 13.2 Å². The first-order valence-electron chi connectivity index (χ1n) is 13.8. The van der Waals surface area contributed by atoms with Crippen LogP contribution in [0.4, 0.5) is 27.6 Å². The summed E-state index contributed by atoms with van der Waals surface area (Å²) in [4.78, 5) is 42.5. The van der Waals surface area contributed by atoms with Crippen LogP contribution in [0.25, 0.3) is 11.3 Å². The molecule has 2 aromatic carbocycles. The second-order valence-corrected chi connectivity index (χ2v) is 10.6. The number of amides is 1. The van der Waals surface area contributed by atoms with Gasteiger partial charge in [0.1, 0.15) is 40.7 Å². The van der Waals surface area contributed by atoms with Gasteiger partial charge in [-0.25, -0.2) is 18.6 Å². The number of nitrogens with zero attached hydrogens (tertiary/aromatic N) is 2. The van der Waals surface area contributed by atoms with Crippen molar-refractivity contribution in [2.24, 2.45) is 7.05 Å². The van der Waals surface area contributed by atoms with Crippen LogP contribution in [0.15, 0.2) is 29.1 Å². The monoisotopic (exact) mass is 622 g/mol. The normalized spacial score (nSPS) is 14.3. The molecule has 236 valence electrons. The van der Waals surface area contributed by atoms with Gasteiger partial charge in [0.05, 0.1) is 12.3 Å². The molecule has 0 aliphatic carbocycles. The number of carboxylic acids is 1. The Balaban J connectivity index is 1.63. The molecule has 1 aliphatic rings. The molecule has 14 heteroatoms. The number of fused-ring (bicyclic) bond motifs is 1. The summed E-state index contributed by atoms with van der Waals surface area (Å²) in [6, 6.07) is 0.535. The summed E-state index contributed by atoms with van der Waals surface area (Å²) >= 11 is 0. The number of ether oxygens (including phenoxy) is 1. The highest BCUT2D eigenvalue weighted by molar-refractivity contribution is 5.97. The van der Waals surface area contributed by atoms with Crippen LogP contribution in [0.1, 0.15) is 52.6 Å². The molecule has 1 amide bonds. The second-order valence-electron chi connectivity index (χ2n) is 10.6. The zero-order valence-corrected chi connectivity index (χ0v) is 24.4. The summed E-state index contributed by atoms with van der Waals surface area (Å²) in [6.07, 6.45) is -4.32. The minimum atomic E-state index is -4.68.